The van der Waals surface area contributed by atoms with E-state index in [1.54, 1.807) is 18.2 Å². The van der Waals surface area contributed by atoms with Crippen molar-refractivity contribution in [3.05, 3.63) is 82.5 Å². The van der Waals surface area contributed by atoms with E-state index in [2.05, 4.69) is 20.6 Å². The zero-order valence-electron chi connectivity index (χ0n) is 15.0. The molecule has 140 valence electrons. The number of rotatable bonds is 3. The van der Waals surface area contributed by atoms with Gasteiger partial charge < -0.3 is 5.11 Å². The number of H-pyrrole nitrogens is 1. The van der Waals surface area contributed by atoms with Crippen LogP contribution in [0.3, 0.4) is 0 Å². The number of benzene rings is 2. The minimum Gasteiger partial charge on any atom is -0.478 e. The summed E-state index contributed by atoms with van der Waals surface area (Å²) in [4.78, 5) is 28.7. The molecule has 28 heavy (non-hydrogen) atoms. The van der Waals surface area contributed by atoms with Crippen LogP contribution in [0.5, 0.6) is 0 Å². The van der Waals surface area contributed by atoms with Gasteiger partial charge in [0, 0.05) is 22.9 Å². The molecule has 1 aliphatic rings. The van der Waals surface area contributed by atoms with Gasteiger partial charge in [-0.3, -0.25) is 15.3 Å². The van der Waals surface area contributed by atoms with Crippen LogP contribution < -0.4 is 5.43 Å². The van der Waals surface area contributed by atoms with E-state index in [0.717, 1.165) is 16.8 Å². The SMILES string of the molecule is Cc1cc(N=C2NN(C(=O)c3cccc(C(=O)O)c3)Cc3ccccc32)n[nH]1. The Kier molecular flexibility index (Phi) is 4.36. The van der Waals surface area contributed by atoms with Crippen LogP contribution in [0.2, 0.25) is 0 Å². The van der Waals surface area contributed by atoms with Gasteiger partial charge in [0.2, 0.25) is 0 Å². The maximum absolute atomic E-state index is 13.0. The van der Waals surface area contributed by atoms with Gasteiger partial charge in [-0.15, -0.1) is 0 Å². The Morgan fingerprint density at radius 2 is 1.89 bits per heavy atom. The fourth-order valence-electron chi connectivity index (χ4n) is 3.01. The fourth-order valence-corrected chi connectivity index (χ4v) is 3.01. The molecule has 8 nitrogen and oxygen atoms in total. The third-order valence-electron chi connectivity index (χ3n) is 4.36. The Bertz CT molecular complexity index is 1100. The first-order chi connectivity index (χ1) is 13.5. The quantitative estimate of drug-likeness (QED) is 0.652. The number of aromatic carboxylic acids is 1. The third-order valence-corrected chi connectivity index (χ3v) is 4.36. The van der Waals surface area contributed by atoms with Crippen molar-refractivity contribution in [3.63, 3.8) is 0 Å². The lowest BCUT2D eigenvalue weighted by Gasteiger charge is -2.31. The van der Waals surface area contributed by atoms with E-state index in [1.807, 2.05) is 31.2 Å². The summed E-state index contributed by atoms with van der Waals surface area (Å²) < 4.78 is 0. The number of carboxylic acid groups (broad SMARTS) is 1. The zero-order chi connectivity index (χ0) is 19.7. The van der Waals surface area contributed by atoms with Crippen LogP contribution >= 0.6 is 0 Å². The number of hydrogen-bond acceptors (Lipinski definition) is 4. The highest BCUT2D eigenvalue weighted by Gasteiger charge is 2.26. The smallest absolute Gasteiger partial charge is 0.335 e. The first-order valence-corrected chi connectivity index (χ1v) is 8.62. The lowest BCUT2D eigenvalue weighted by Crippen LogP contribution is -2.49. The molecule has 1 amide bonds. The highest BCUT2D eigenvalue weighted by molar-refractivity contribution is 6.05. The van der Waals surface area contributed by atoms with Crippen molar-refractivity contribution >= 4 is 23.5 Å². The van der Waals surface area contributed by atoms with Crippen molar-refractivity contribution < 1.29 is 14.7 Å². The van der Waals surface area contributed by atoms with Gasteiger partial charge in [-0.1, -0.05) is 30.3 Å². The van der Waals surface area contributed by atoms with Crippen LogP contribution in [0.1, 0.15) is 37.5 Å². The topological polar surface area (TPSA) is 111 Å². The van der Waals surface area contributed by atoms with Crippen LogP contribution in [0.4, 0.5) is 5.82 Å². The van der Waals surface area contributed by atoms with Crippen molar-refractivity contribution in [1.82, 2.24) is 20.6 Å². The van der Waals surface area contributed by atoms with E-state index in [0.29, 0.717) is 18.2 Å². The van der Waals surface area contributed by atoms with Gasteiger partial charge in [0.15, 0.2) is 11.7 Å². The second kappa shape index (κ2) is 6.99. The summed E-state index contributed by atoms with van der Waals surface area (Å²) in [7, 11) is 0. The molecule has 0 saturated carbocycles. The lowest BCUT2D eigenvalue weighted by molar-refractivity contribution is 0.0688. The molecule has 0 fully saturated rings. The molecule has 0 aliphatic carbocycles. The number of carbonyl (C=O) groups excluding carboxylic acids is 1. The molecule has 2 heterocycles. The van der Waals surface area contributed by atoms with Crippen LogP contribution in [-0.2, 0) is 6.54 Å². The van der Waals surface area contributed by atoms with Gasteiger partial charge >= 0.3 is 5.97 Å². The number of aromatic amines is 1. The van der Waals surface area contributed by atoms with E-state index < -0.39 is 5.97 Å². The average molecular weight is 375 g/mol. The highest BCUT2D eigenvalue weighted by Crippen LogP contribution is 2.21. The number of amidine groups is 1. The van der Waals surface area contributed by atoms with E-state index in [9.17, 15) is 14.7 Å². The van der Waals surface area contributed by atoms with Crippen molar-refractivity contribution in [1.29, 1.82) is 0 Å². The summed E-state index contributed by atoms with van der Waals surface area (Å²) in [5.74, 6) is -0.431. The molecule has 1 aliphatic heterocycles. The third kappa shape index (κ3) is 3.35. The number of nitrogens with zero attached hydrogens (tertiary/aromatic N) is 3. The van der Waals surface area contributed by atoms with Crippen molar-refractivity contribution in [2.75, 3.05) is 0 Å². The number of carboxylic acids is 1. The Labute approximate surface area is 160 Å². The highest BCUT2D eigenvalue weighted by atomic mass is 16.4. The van der Waals surface area contributed by atoms with Crippen LogP contribution in [0.25, 0.3) is 0 Å². The fraction of sp³-hybridized carbons (Fsp3) is 0.100. The molecule has 0 spiro atoms. The number of hydrazine groups is 1. The molecule has 3 N–H and O–H groups in total. The molecule has 0 saturated heterocycles. The summed E-state index contributed by atoms with van der Waals surface area (Å²) in [6.45, 7) is 2.20. The number of aromatic nitrogens is 2. The summed E-state index contributed by atoms with van der Waals surface area (Å²) in [6, 6.07) is 15.4. The number of aliphatic imine (C=N–C) groups is 1. The first kappa shape index (κ1) is 17.5. The minimum absolute atomic E-state index is 0.0594. The van der Waals surface area contributed by atoms with Crippen LogP contribution in [-0.4, -0.2) is 38.0 Å². The number of amides is 1. The molecule has 3 aromatic rings. The second-order valence-electron chi connectivity index (χ2n) is 6.42. The van der Waals surface area contributed by atoms with Gasteiger partial charge in [0.05, 0.1) is 12.1 Å². The molecule has 0 atom stereocenters. The number of carbonyl (C=O) groups is 2. The monoisotopic (exact) mass is 375 g/mol. The molecule has 8 heteroatoms. The van der Waals surface area contributed by atoms with Crippen molar-refractivity contribution in [2.24, 2.45) is 4.99 Å². The first-order valence-electron chi connectivity index (χ1n) is 8.62. The molecule has 1 aromatic heterocycles. The standard InChI is InChI=1S/C20H17N5O3/c1-12-9-17(23-22-12)21-18-16-8-3-2-5-15(16)11-25(24-18)19(26)13-6-4-7-14(10-13)20(27)28/h2-10H,11H2,1H3,(H,27,28)(H2,21,22,23,24). The lowest BCUT2D eigenvalue weighted by atomic mass is 10.0. The Balaban J connectivity index is 1.70. The number of fused-ring (bicyclic) bond motifs is 1. The van der Waals surface area contributed by atoms with Crippen molar-refractivity contribution in [3.8, 4) is 0 Å². The minimum atomic E-state index is -1.08. The number of hydrogen-bond donors (Lipinski definition) is 3. The maximum atomic E-state index is 13.0. The van der Waals surface area contributed by atoms with Gasteiger partial charge in [0.25, 0.3) is 5.91 Å². The summed E-state index contributed by atoms with van der Waals surface area (Å²) in [6.07, 6.45) is 0. The van der Waals surface area contributed by atoms with E-state index in [1.165, 1.54) is 17.1 Å². The number of nitrogens with one attached hydrogen (secondary N) is 2. The Hall–Kier alpha value is -3.94. The van der Waals surface area contributed by atoms with Gasteiger partial charge in [-0.25, -0.2) is 14.8 Å². The van der Waals surface area contributed by atoms with E-state index >= 15 is 0 Å². The normalized spacial score (nSPS) is 14.5. The molecule has 2 aromatic carbocycles. The molecule has 0 unspecified atom stereocenters. The maximum Gasteiger partial charge on any atom is 0.335 e. The Morgan fingerprint density at radius 1 is 1.11 bits per heavy atom. The summed E-state index contributed by atoms with van der Waals surface area (Å²) >= 11 is 0. The summed E-state index contributed by atoms with van der Waals surface area (Å²) in [5.41, 5.74) is 6.07. The predicted octanol–water partition coefficient (Wildman–Crippen LogP) is 2.66. The van der Waals surface area contributed by atoms with Gasteiger partial charge in [-0.2, -0.15) is 5.10 Å². The molecular weight excluding hydrogens is 358 g/mol. The molecule has 0 radical (unpaired) electrons. The average Bonchev–Trinajstić information content (AvgIpc) is 3.12. The van der Waals surface area contributed by atoms with Gasteiger partial charge in [0.1, 0.15) is 0 Å². The van der Waals surface area contributed by atoms with Crippen molar-refractivity contribution in [2.45, 2.75) is 13.5 Å². The molecule has 0 bridgehead atoms. The predicted molar refractivity (Wildman–Crippen MR) is 102 cm³/mol. The number of aryl methyl sites for hydroxylation is 1. The molecular formula is C20H17N5O3. The molecule has 4 rings (SSSR count). The van der Waals surface area contributed by atoms with E-state index in [-0.39, 0.29) is 17.0 Å². The van der Waals surface area contributed by atoms with Crippen LogP contribution in [0, 0.1) is 6.92 Å². The second-order valence-corrected chi connectivity index (χ2v) is 6.42. The zero-order valence-corrected chi connectivity index (χ0v) is 15.0. The van der Waals surface area contributed by atoms with Gasteiger partial charge in [-0.05, 0) is 30.7 Å². The van der Waals surface area contributed by atoms with E-state index in [4.69, 9.17) is 0 Å². The summed E-state index contributed by atoms with van der Waals surface area (Å²) in [5, 5.41) is 17.5. The largest absolute Gasteiger partial charge is 0.478 e. The Morgan fingerprint density at radius 3 is 2.64 bits per heavy atom. The van der Waals surface area contributed by atoms with Crippen LogP contribution in [0.15, 0.2) is 59.6 Å².